The number of hydrogen-bond acceptors (Lipinski definition) is 2. The highest BCUT2D eigenvalue weighted by Gasteiger charge is 2.13. The Kier molecular flexibility index (Phi) is 4.90. The van der Waals surface area contributed by atoms with Gasteiger partial charge in [0.05, 0.1) is 17.4 Å². The van der Waals surface area contributed by atoms with Crippen LogP contribution in [-0.4, -0.2) is 14.9 Å². The lowest BCUT2D eigenvalue weighted by molar-refractivity contribution is 0.631. The van der Waals surface area contributed by atoms with Gasteiger partial charge in [0.25, 0.3) is 0 Å². The van der Waals surface area contributed by atoms with E-state index in [4.69, 9.17) is 12.2 Å². The molecule has 0 saturated heterocycles. The van der Waals surface area contributed by atoms with Gasteiger partial charge in [0.2, 0.25) is 0 Å². The van der Waals surface area contributed by atoms with Crippen LogP contribution in [0.5, 0.6) is 0 Å². The van der Waals surface area contributed by atoms with Gasteiger partial charge in [-0.1, -0.05) is 12.1 Å². The summed E-state index contributed by atoms with van der Waals surface area (Å²) in [6, 6.07) is 6.43. The Labute approximate surface area is 129 Å². The monoisotopic (exact) mass is 306 g/mol. The van der Waals surface area contributed by atoms with Crippen LogP contribution in [-0.2, 0) is 6.54 Å². The largest absolute Gasteiger partial charge is 0.356 e. The highest BCUT2D eigenvalue weighted by Crippen LogP contribution is 2.17. The molecule has 0 aliphatic heterocycles. The topological polar surface area (TPSA) is 41.9 Å². The molecule has 1 aromatic heterocycles. The Morgan fingerprint density at radius 2 is 2.14 bits per heavy atom. The van der Waals surface area contributed by atoms with Crippen LogP contribution in [0.1, 0.15) is 31.1 Å². The quantitative estimate of drug-likeness (QED) is 0.850. The van der Waals surface area contributed by atoms with Crippen LogP contribution in [0.15, 0.2) is 30.5 Å². The number of thiocarbonyl (C=S) groups is 1. The molecule has 4 nitrogen and oxygen atoms in total. The number of nitrogens with zero attached hydrogens (tertiary/aromatic N) is 2. The average molecular weight is 306 g/mol. The van der Waals surface area contributed by atoms with Crippen molar-refractivity contribution in [1.82, 2.24) is 15.1 Å². The molecule has 2 N–H and O–H groups in total. The minimum Gasteiger partial charge on any atom is -0.356 e. The highest BCUT2D eigenvalue weighted by molar-refractivity contribution is 7.80. The molecule has 0 bridgehead atoms. The van der Waals surface area contributed by atoms with E-state index in [0.29, 0.717) is 10.8 Å². The fourth-order valence-electron chi connectivity index (χ4n) is 2.12. The Morgan fingerprint density at radius 3 is 2.76 bits per heavy atom. The summed E-state index contributed by atoms with van der Waals surface area (Å²) >= 11 is 5.23. The minimum absolute atomic E-state index is 0.00271. The number of aromatic nitrogens is 2. The number of halogens is 1. The summed E-state index contributed by atoms with van der Waals surface area (Å²) in [6.45, 7) is 6.83. The predicted octanol–water partition coefficient (Wildman–Crippen LogP) is 3.40. The third-order valence-corrected chi connectivity index (χ3v) is 3.46. The van der Waals surface area contributed by atoms with Gasteiger partial charge in [-0.15, -0.1) is 0 Å². The second-order valence-corrected chi connectivity index (χ2v) is 5.23. The number of hydrogen-bond donors (Lipinski definition) is 2. The number of rotatable bonds is 4. The molecule has 21 heavy (non-hydrogen) atoms. The zero-order valence-corrected chi connectivity index (χ0v) is 13.2. The molecule has 0 spiro atoms. The molecule has 1 heterocycles. The Hall–Kier alpha value is -1.95. The summed E-state index contributed by atoms with van der Waals surface area (Å²) in [4.78, 5) is 0. The summed E-state index contributed by atoms with van der Waals surface area (Å²) < 4.78 is 15.4. The van der Waals surface area contributed by atoms with E-state index >= 15 is 0 Å². The van der Waals surface area contributed by atoms with Crippen molar-refractivity contribution in [2.24, 2.45) is 0 Å². The SMILES string of the molecule is CCn1cc(C(C)NC(=S)Nc2ccccc2F)c(C)n1. The van der Waals surface area contributed by atoms with E-state index in [2.05, 4.69) is 15.7 Å². The van der Waals surface area contributed by atoms with Crippen molar-refractivity contribution in [3.05, 3.63) is 47.5 Å². The molecule has 112 valence electrons. The van der Waals surface area contributed by atoms with Crippen LogP contribution in [0.3, 0.4) is 0 Å². The summed E-state index contributed by atoms with van der Waals surface area (Å²) in [7, 11) is 0. The molecule has 0 amide bonds. The van der Waals surface area contributed by atoms with Gasteiger partial charge >= 0.3 is 0 Å². The van der Waals surface area contributed by atoms with Crippen molar-refractivity contribution < 1.29 is 4.39 Å². The normalized spacial score (nSPS) is 12.0. The molecular formula is C15H19FN4S. The molecule has 0 fully saturated rings. The van der Waals surface area contributed by atoms with Gasteiger partial charge in [0.15, 0.2) is 5.11 Å². The summed E-state index contributed by atoms with van der Waals surface area (Å²) in [5.74, 6) is -0.329. The fraction of sp³-hybridized carbons (Fsp3) is 0.333. The first kappa shape index (κ1) is 15.4. The summed E-state index contributed by atoms with van der Waals surface area (Å²) in [6.07, 6.45) is 2.00. The van der Waals surface area contributed by atoms with Crippen molar-refractivity contribution in [1.29, 1.82) is 0 Å². The zero-order valence-electron chi connectivity index (χ0n) is 12.4. The summed E-state index contributed by atoms with van der Waals surface area (Å²) in [5.41, 5.74) is 2.41. The average Bonchev–Trinajstić information content (AvgIpc) is 2.82. The van der Waals surface area contributed by atoms with Gasteiger partial charge in [-0.05, 0) is 45.1 Å². The lowest BCUT2D eigenvalue weighted by Gasteiger charge is -2.16. The van der Waals surface area contributed by atoms with Gasteiger partial charge in [0, 0.05) is 18.3 Å². The lowest BCUT2D eigenvalue weighted by atomic mass is 10.1. The molecule has 1 aromatic carbocycles. The van der Waals surface area contributed by atoms with Crippen molar-refractivity contribution >= 4 is 23.0 Å². The van der Waals surface area contributed by atoms with Gasteiger partial charge in [-0.3, -0.25) is 4.68 Å². The first-order valence-electron chi connectivity index (χ1n) is 6.87. The molecule has 1 unspecified atom stereocenters. The lowest BCUT2D eigenvalue weighted by Crippen LogP contribution is -2.31. The molecule has 1 atom stereocenters. The van der Waals surface area contributed by atoms with Gasteiger partial charge in [-0.2, -0.15) is 5.10 Å². The number of para-hydroxylation sites is 1. The summed E-state index contributed by atoms with van der Waals surface area (Å²) in [5, 5.41) is 10.8. The third kappa shape index (κ3) is 3.78. The second-order valence-electron chi connectivity index (χ2n) is 4.83. The number of aryl methyl sites for hydroxylation is 2. The van der Waals surface area contributed by atoms with Gasteiger partial charge < -0.3 is 10.6 Å². The van der Waals surface area contributed by atoms with E-state index in [1.54, 1.807) is 18.2 Å². The van der Waals surface area contributed by atoms with Crippen molar-refractivity contribution in [2.45, 2.75) is 33.4 Å². The Morgan fingerprint density at radius 1 is 1.43 bits per heavy atom. The van der Waals surface area contributed by atoms with Gasteiger partial charge in [0.1, 0.15) is 5.82 Å². The zero-order chi connectivity index (χ0) is 15.4. The smallest absolute Gasteiger partial charge is 0.171 e. The third-order valence-electron chi connectivity index (χ3n) is 3.24. The second kappa shape index (κ2) is 6.67. The maximum atomic E-state index is 13.6. The molecule has 0 radical (unpaired) electrons. The van der Waals surface area contributed by atoms with Crippen LogP contribution in [0.2, 0.25) is 0 Å². The molecule has 6 heteroatoms. The van der Waals surface area contributed by atoms with Crippen LogP contribution in [0, 0.1) is 12.7 Å². The standard InChI is InChI=1S/C15H19FN4S/c1-4-20-9-12(11(3)19-20)10(2)17-15(21)18-14-8-6-5-7-13(14)16/h5-10H,4H2,1-3H3,(H2,17,18,21). The predicted molar refractivity (Wildman–Crippen MR) is 86.8 cm³/mol. The van der Waals surface area contributed by atoms with E-state index in [-0.39, 0.29) is 11.9 Å². The van der Waals surface area contributed by atoms with Crippen LogP contribution < -0.4 is 10.6 Å². The van der Waals surface area contributed by atoms with Crippen molar-refractivity contribution in [3.8, 4) is 0 Å². The number of anilines is 1. The molecule has 0 aliphatic carbocycles. The maximum absolute atomic E-state index is 13.6. The molecular weight excluding hydrogens is 287 g/mol. The van der Waals surface area contributed by atoms with Crippen LogP contribution in [0.25, 0.3) is 0 Å². The molecule has 0 saturated carbocycles. The van der Waals surface area contributed by atoms with E-state index in [1.807, 2.05) is 31.6 Å². The molecule has 0 aliphatic rings. The fourth-order valence-corrected chi connectivity index (χ4v) is 2.40. The van der Waals surface area contributed by atoms with E-state index in [9.17, 15) is 4.39 Å². The Bertz CT molecular complexity index is 638. The van der Waals surface area contributed by atoms with Crippen molar-refractivity contribution in [2.75, 3.05) is 5.32 Å². The van der Waals surface area contributed by atoms with E-state index < -0.39 is 0 Å². The first-order chi connectivity index (χ1) is 10.0. The maximum Gasteiger partial charge on any atom is 0.171 e. The minimum atomic E-state index is -0.329. The first-order valence-corrected chi connectivity index (χ1v) is 7.28. The van der Waals surface area contributed by atoms with Gasteiger partial charge in [-0.25, -0.2) is 4.39 Å². The van der Waals surface area contributed by atoms with E-state index in [1.165, 1.54) is 6.07 Å². The highest BCUT2D eigenvalue weighted by atomic mass is 32.1. The number of benzene rings is 1. The molecule has 2 rings (SSSR count). The Balaban J connectivity index is 2.02. The molecule has 2 aromatic rings. The van der Waals surface area contributed by atoms with E-state index in [0.717, 1.165) is 17.8 Å². The van der Waals surface area contributed by atoms with Crippen LogP contribution in [0.4, 0.5) is 10.1 Å². The van der Waals surface area contributed by atoms with Crippen LogP contribution >= 0.6 is 12.2 Å². The number of nitrogens with one attached hydrogen (secondary N) is 2. The van der Waals surface area contributed by atoms with Crippen molar-refractivity contribution in [3.63, 3.8) is 0 Å².